The summed E-state index contributed by atoms with van der Waals surface area (Å²) in [6, 6.07) is 0. The summed E-state index contributed by atoms with van der Waals surface area (Å²) in [4.78, 5) is 0. The quantitative estimate of drug-likeness (QED) is 0.472. The van der Waals surface area contributed by atoms with Gasteiger partial charge in [-0.3, -0.25) is 0 Å². The van der Waals surface area contributed by atoms with E-state index in [0.29, 0.717) is 0 Å². The smallest absolute Gasteiger partial charge is 1.00 e. The predicted octanol–water partition coefficient (Wildman–Crippen LogP) is -0.877. The monoisotopic (exact) mass is 466 g/mol. The SMILES string of the molecule is C[Si](C)(C)OC1=[C]([Zr+2][C]2=C(O[Si](C)(C)C)C=CC2)CC=C1.[Cl-].[Cl-]. The Labute approximate surface area is 167 Å². The van der Waals surface area contributed by atoms with Crippen LogP contribution in [0.4, 0.5) is 0 Å². The van der Waals surface area contributed by atoms with E-state index in [4.69, 9.17) is 8.85 Å². The molecule has 0 bridgehead atoms. The van der Waals surface area contributed by atoms with Crippen molar-refractivity contribution in [3.05, 3.63) is 42.4 Å². The summed E-state index contributed by atoms with van der Waals surface area (Å²) in [5.41, 5.74) is 0. The average Bonchev–Trinajstić information content (AvgIpc) is 2.86. The van der Waals surface area contributed by atoms with E-state index in [-0.39, 0.29) is 24.8 Å². The summed E-state index contributed by atoms with van der Waals surface area (Å²) < 4.78 is 15.7. The minimum Gasteiger partial charge on any atom is -1.00 e. The summed E-state index contributed by atoms with van der Waals surface area (Å²) in [5.74, 6) is 2.38. The molecule has 0 N–H and O–H groups in total. The number of rotatable bonds is 6. The van der Waals surface area contributed by atoms with Crippen molar-refractivity contribution in [2.45, 2.75) is 52.1 Å². The van der Waals surface area contributed by atoms with Crippen LogP contribution in [0.3, 0.4) is 0 Å². The molecule has 2 rings (SSSR count). The first-order chi connectivity index (χ1) is 9.64. The van der Waals surface area contributed by atoms with Gasteiger partial charge in [0, 0.05) is 0 Å². The molecule has 0 spiro atoms. The normalized spacial score (nSPS) is 17.0. The van der Waals surface area contributed by atoms with E-state index in [2.05, 4.69) is 63.6 Å². The maximum Gasteiger partial charge on any atom is -1.00 e. The summed E-state index contributed by atoms with van der Waals surface area (Å²) in [5, 5.41) is 0. The third-order valence-electron chi connectivity index (χ3n) is 2.91. The first kappa shape index (κ1) is 23.5. The summed E-state index contributed by atoms with van der Waals surface area (Å²) >= 11 is -0.759. The topological polar surface area (TPSA) is 18.5 Å². The Kier molecular flexibility index (Phi) is 9.42. The molecular weight excluding hydrogens is 442 g/mol. The largest absolute Gasteiger partial charge is 1.00 e. The van der Waals surface area contributed by atoms with Gasteiger partial charge in [-0.25, -0.2) is 0 Å². The molecule has 2 aliphatic rings. The van der Waals surface area contributed by atoms with Crippen LogP contribution in [0.25, 0.3) is 0 Å². The molecular formula is C16H26Cl2O2Si2Zr. The molecule has 23 heavy (non-hydrogen) atoms. The van der Waals surface area contributed by atoms with Crippen molar-refractivity contribution < 1.29 is 56.9 Å². The number of allylic oxidation sites excluding steroid dienone is 6. The van der Waals surface area contributed by atoms with Crippen molar-refractivity contribution in [2.75, 3.05) is 0 Å². The molecule has 128 valence electrons. The van der Waals surface area contributed by atoms with Crippen molar-refractivity contribution in [1.82, 2.24) is 0 Å². The van der Waals surface area contributed by atoms with Gasteiger partial charge in [-0.05, 0) is 0 Å². The van der Waals surface area contributed by atoms with Crippen LogP contribution >= 0.6 is 0 Å². The fourth-order valence-corrected chi connectivity index (χ4v) is 7.67. The molecule has 2 nitrogen and oxygen atoms in total. The minimum atomic E-state index is -1.51. The van der Waals surface area contributed by atoms with Crippen molar-refractivity contribution in [3.8, 4) is 0 Å². The molecule has 0 fully saturated rings. The fourth-order valence-electron chi connectivity index (χ4n) is 2.23. The standard InChI is InChI=1S/2C8H13OSi.2ClH.Zr/c2*1-10(2,3)9-8-6-4-5-7-8;;;/h2*4,6H,5H2,1-3H3;2*1H;/q;;;;+2/p-2. The van der Waals surface area contributed by atoms with E-state index in [9.17, 15) is 0 Å². The van der Waals surface area contributed by atoms with E-state index in [0.717, 1.165) is 12.8 Å². The Balaban J connectivity index is 0.00000242. The first-order valence-corrected chi connectivity index (χ1v) is 16.9. The van der Waals surface area contributed by atoms with Gasteiger partial charge in [0.05, 0.1) is 0 Å². The van der Waals surface area contributed by atoms with Crippen molar-refractivity contribution in [1.29, 1.82) is 0 Å². The molecule has 0 aliphatic heterocycles. The van der Waals surface area contributed by atoms with Crippen LogP contribution in [0.15, 0.2) is 42.4 Å². The van der Waals surface area contributed by atoms with Crippen LogP contribution in [0.1, 0.15) is 12.8 Å². The van der Waals surface area contributed by atoms with Gasteiger partial charge in [0.25, 0.3) is 0 Å². The van der Waals surface area contributed by atoms with Crippen LogP contribution < -0.4 is 24.8 Å². The third kappa shape index (κ3) is 7.92. The molecule has 0 amide bonds. The van der Waals surface area contributed by atoms with Crippen molar-refractivity contribution >= 4 is 16.6 Å². The Morgan fingerprint density at radius 3 is 1.39 bits per heavy atom. The molecule has 2 aliphatic carbocycles. The van der Waals surface area contributed by atoms with Crippen LogP contribution in [-0.2, 0) is 32.1 Å². The van der Waals surface area contributed by atoms with Crippen LogP contribution in [-0.4, -0.2) is 16.6 Å². The minimum absolute atomic E-state index is 0. The number of hydrogen-bond acceptors (Lipinski definition) is 2. The second-order valence-electron chi connectivity index (χ2n) is 7.45. The Morgan fingerprint density at radius 2 is 1.09 bits per heavy atom. The van der Waals surface area contributed by atoms with Crippen LogP contribution in [0, 0.1) is 0 Å². The van der Waals surface area contributed by atoms with Crippen LogP contribution in [0.5, 0.6) is 0 Å². The molecule has 0 aromatic rings. The zero-order valence-corrected chi connectivity index (χ0v) is 20.8. The molecule has 0 atom stereocenters. The molecule has 0 radical (unpaired) electrons. The molecule has 0 heterocycles. The maximum absolute atomic E-state index is 6.26. The van der Waals surface area contributed by atoms with E-state index in [1.165, 1.54) is 11.5 Å². The average molecular weight is 469 g/mol. The number of halogens is 2. The molecule has 0 saturated carbocycles. The zero-order chi connectivity index (χ0) is 15.7. The van der Waals surface area contributed by atoms with Gasteiger partial charge < -0.3 is 24.8 Å². The second kappa shape index (κ2) is 9.24. The Hall–Kier alpha value is 0.457. The predicted molar refractivity (Wildman–Crippen MR) is 90.4 cm³/mol. The molecule has 0 aromatic carbocycles. The van der Waals surface area contributed by atoms with E-state index in [1.54, 1.807) is 6.56 Å². The van der Waals surface area contributed by atoms with Gasteiger partial charge in [0.15, 0.2) is 0 Å². The maximum atomic E-state index is 6.26. The van der Waals surface area contributed by atoms with Gasteiger partial charge in [0.2, 0.25) is 0 Å². The summed E-state index contributed by atoms with van der Waals surface area (Å²) in [6.07, 6.45) is 11.1. The summed E-state index contributed by atoms with van der Waals surface area (Å²) in [7, 11) is -3.03. The molecule has 0 saturated heterocycles. The molecule has 7 heteroatoms. The van der Waals surface area contributed by atoms with E-state index >= 15 is 0 Å². The Bertz CT molecular complexity index is 493. The zero-order valence-electron chi connectivity index (χ0n) is 14.8. The molecule has 0 unspecified atom stereocenters. The van der Waals surface area contributed by atoms with Crippen LogP contribution in [0.2, 0.25) is 39.3 Å². The van der Waals surface area contributed by atoms with Gasteiger partial charge in [0.1, 0.15) is 0 Å². The van der Waals surface area contributed by atoms with E-state index < -0.39 is 39.9 Å². The van der Waals surface area contributed by atoms with Crippen molar-refractivity contribution in [2.24, 2.45) is 0 Å². The number of hydrogen-bond donors (Lipinski definition) is 0. The van der Waals surface area contributed by atoms with Gasteiger partial charge in [-0.2, -0.15) is 0 Å². The van der Waals surface area contributed by atoms with E-state index in [1.807, 2.05) is 0 Å². The third-order valence-corrected chi connectivity index (χ3v) is 8.27. The first-order valence-electron chi connectivity index (χ1n) is 7.58. The Morgan fingerprint density at radius 1 is 0.739 bits per heavy atom. The van der Waals surface area contributed by atoms with Gasteiger partial charge in [-0.1, -0.05) is 0 Å². The van der Waals surface area contributed by atoms with Gasteiger partial charge >= 0.3 is 143 Å². The second-order valence-corrected chi connectivity index (χ2v) is 19.9. The molecule has 0 aromatic heterocycles. The fraction of sp³-hybridized carbons (Fsp3) is 0.500. The van der Waals surface area contributed by atoms with Crippen molar-refractivity contribution in [3.63, 3.8) is 0 Å². The van der Waals surface area contributed by atoms with Gasteiger partial charge in [-0.15, -0.1) is 0 Å². The summed E-state index contributed by atoms with van der Waals surface area (Å²) in [6.45, 7) is 13.5.